The summed E-state index contributed by atoms with van der Waals surface area (Å²) in [4.78, 5) is 26.9. The van der Waals surface area contributed by atoms with Gasteiger partial charge in [-0.25, -0.2) is 4.79 Å². The van der Waals surface area contributed by atoms with E-state index in [2.05, 4.69) is 15.9 Å². The minimum Gasteiger partial charge on any atom is -0.490 e. The Bertz CT molecular complexity index is 1380. The van der Waals surface area contributed by atoms with Gasteiger partial charge in [0.25, 0.3) is 5.91 Å². The first kappa shape index (κ1) is 27.2. The second-order valence-corrected chi connectivity index (χ2v) is 10.8. The summed E-state index contributed by atoms with van der Waals surface area (Å²) in [5, 5.41) is 10.5. The van der Waals surface area contributed by atoms with E-state index in [0.29, 0.717) is 43.6 Å². The fraction of sp³-hybridized carbons (Fsp3) is 0.148. The smallest absolute Gasteiger partial charge is 0.331 e. The number of thioether (sulfide) groups is 1. The molecule has 0 spiro atoms. The topological polar surface area (TPSA) is 76.1 Å². The molecular weight excluding hydrogens is 598 g/mol. The molecule has 1 fully saturated rings. The van der Waals surface area contributed by atoms with Gasteiger partial charge in [-0.2, -0.15) is 0 Å². The van der Waals surface area contributed by atoms with E-state index in [1.54, 1.807) is 54.6 Å². The number of halogens is 2. The fourth-order valence-electron chi connectivity index (χ4n) is 3.73. The summed E-state index contributed by atoms with van der Waals surface area (Å²) < 4.78 is 12.6. The summed E-state index contributed by atoms with van der Waals surface area (Å²) in [7, 11) is 0. The molecule has 1 atom stereocenters. The lowest BCUT2D eigenvalue weighted by Gasteiger charge is -2.23. The van der Waals surface area contributed by atoms with Crippen LogP contribution in [0.2, 0.25) is 5.02 Å². The van der Waals surface area contributed by atoms with Crippen LogP contribution in [0.3, 0.4) is 0 Å². The van der Waals surface area contributed by atoms with Crippen molar-refractivity contribution in [1.82, 2.24) is 4.90 Å². The van der Waals surface area contributed by atoms with E-state index in [-0.39, 0.29) is 10.9 Å². The number of amides is 1. The number of benzene rings is 3. The Morgan fingerprint density at radius 2 is 1.86 bits per heavy atom. The lowest BCUT2D eigenvalue weighted by atomic mass is 10.1. The molecule has 10 heteroatoms. The first-order valence-corrected chi connectivity index (χ1v) is 13.6. The zero-order valence-corrected chi connectivity index (χ0v) is 23.5. The van der Waals surface area contributed by atoms with Crippen LogP contribution in [0.1, 0.15) is 29.7 Å². The zero-order chi connectivity index (χ0) is 26.5. The number of rotatable bonds is 9. The molecule has 3 aromatic rings. The molecule has 1 aliphatic rings. The van der Waals surface area contributed by atoms with Crippen molar-refractivity contribution >= 4 is 73.8 Å². The Kier molecular flexibility index (Phi) is 8.91. The highest BCUT2D eigenvalue weighted by atomic mass is 79.9. The molecule has 1 unspecified atom stereocenters. The van der Waals surface area contributed by atoms with Crippen molar-refractivity contribution in [2.45, 2.75) is 19.6 Å². The predicted molar refractivity (Wildman–Crippen MR) is 153 cm³/mol. The summed E-state index contributed by atoms with van der Waals surface area (Å²) in [5.41, 5.74) is 1.96. The summed E-state index contributed by atoms with van der Waals surface area (Å²) in [6.45, 7) is 2.50. The van der Waals surface area contributed by atoms with Gasteiger partial charge in [0.2, 0.25) is 0 Å². The van der Waals surface area contributed by atoms with Crippen LogP contribution < -0.4 is 9.47 Å². The van der Waals surface area contributed by atoms with Gasteiger partial charge >= 0.3 is 5.97 Å². The minimum atomic E-state index is -1.22. The molecule has 0 radical (unpaired) electrons. The number of carboxylic acids is 1. The Balaban J connectivity index is 1.62. The highest BCUT2D eigenvalue weighted by Gasteiger charge is 2.41. The van der Waals surface area contributed by atoms with Gasteiger partial charge < -0.3 is 14.6 Å². The standard InChI is InChI=1S/C27H21BrClNO5S2/c1-2-34-21-13-16(12-19(28)24(21)35-15-18-10-6-7-11-20(18)29)14-22-25(31)30(27(36)37-22)23(26(32)33)17-8-4-3-5-9-17/h3-14,23H,2,15H2,1H3,(H,32,33)/b22-14-. The van der Waals surface area contributed by atoms with Crippen LogP contribution in [0.15, 0.2) is 76.1 Å². The van der Waals surface area contributed by atoms with Gasteiger partial charge in [-0.05, 0) is 58.3 Å². The number of aliphatic carboxylic acids is 1. The molecule has 190 valence electrons. The second-order valence-electron chi connectivity index (χ2n) is 7.85. The van der Waals surface area contributed by atoms with E-state index in [1.807, 2.05) is 25.1 Å². The van der Waals surface area contributed by atoms with Crippen molar-refractivity contribution < 1.29 is 24.2 Å². The Labute approximate surface area is 237 Å². The molecule has 0 bridgehead atoms. The summed E-state index contributed by atoms with van der Waals surface area (Å²) >= 11 is 16.3. The van der Waals surface area contributed by atoms with Crippen molar-refractivity contribution in [3.05, 3.63) is 97.8 Å². The number of hydrogen-bond acceptors (Lipinski definition) is 6. The van der Waals surface area contributed by atoms with Crippen molar-refractivity contribution in [1.29, 1.82) is 0 Å². The third kappa shape index (κ3) is 6.18. The molecule has 1 saturated heterocycles. The van der Waals surface area contributed by atoms with Crippen LogP contribution >= 0.6 is 51.5 Å². The van der Waals surface area contributed by atoms with E-state index in [4.69, 9.17) is 33.3 Å². The average Bonchev–Trinajstić information content (AvgIpc) is 3.13. The van der Waals surface area contributed by atoms with Gasteiger partial charge in [-0.15, -0.1) is 0 Å². The van der Waals surface area contributed by atoms with Gasteiger partial charge in [0.05, 0.1) is 16.0 Å². The van der Waals surface area contributed by atoms with Gasteiger partial charge in [-0.1, -0.05) is 84.1 Å². The number of nitrogens with zero attached hydrogens (tertiary/aromatic N) is 1. The van der Waals surface area contributed by atoms with Crippen LogP contribution in [0, 0.1) is 0 Å². The Hall–Kier alpha value is -2.85. The van der Waals surface area contributed by atoms with Crippen molar-refractivity contribution in [2.75, 3.05) is 6.61 Å². The lowest BCUT2D eigenvalue weighted by Crippen LogP contribution is -2.37. The van der Waals surface area contributed by atoms with Crippen LogP contribution in [-0.4, -0.2) is 32.8 Å². The number of carbonyl (C=O) groups is 2. The van der Waals surface area contributed by atoms with E-state index < -0.39 is 17.9 Å². The maximum Gasteiger partial charge on any atom is 0.331 e. The maximum atomic E-state index is 13.3. The van der Waals surface area contributed by atoms with E-state index in [9.17, 15) is 14.7 Å². The SMILES string of the molecule is CCOc1cc(/C=C2\SC(=S)N(C(C(=O)O)c3ccccc3)C2=O)cc(Br)c1OCc1ccccc1Cl. The number of hydrogen-bond donors (Lipinski definition) is 1. The molecule has 4 rings (SSSR count). The third-order valence-electron chi connectivity index (χ3n) is 5.39. The third-order valence-corrected chi connectivity index (χ3v) is 7.68. The molecule has 1 heterocycles. The highest BCUT2D eigenvalue weighted by Crippen LogP contribution is 2.41. The molecule has 3 aromatic carbocycles. The summed E-state index contributed by atoms with van der Waals surface area (Å²) in [6.07, 6.45) is 1.66. The fourth-order valence-corrected chi connectivity index (χ4v) is 5.81. The largest absolute Gasteiger partial charge is 0.490 e. The first-order valence-electron chi connectivity index (χ1n) is 11.2. The Morgan fingerprint density at radius 3 is 2.54 bits per heavy atom. The number of ether oxygens (including phenoxy) is 2. The average molecular weight is 619 g/mol. The normalized spacial score (nSPS) is 15.2. The molecular formula is C27H21BrClNO5S2. The maximum absolute atomic E-state index is 13.3. The molecule has 6 nitrogen and oxygen atoms in total. The molecule has 1 N–H and O–H groups in total. The first-order chi connectivity index (χ1) is 17.8. The van der Waals surface area contributed by atoms with E-state index >= 15 is 0 Å². The highest BCUT2D eigenvalue weighted by molar-refractivity contribution is 9.10. The lowest BCUT2D eigenvalue weighted by molar-refractivity contribution is -0.145. The van der Waals surface area contributed by atoms with Gasteiger partial charge in [-0.3, -0.25) is 9.69 Å². The summed E-state index contributed by atoms with van der Waals surface area (Å²) in [6, 6.07) is 18.3. The van der Waals surface area contributed by atoms with Crippen molar-refractivity contribution in [3.63, 3.8) is 0 Å². The minimum absolute atomic E-state index is 0.177. The monoisotopic (exact) mass is 617 g/mol. The number of carboxylic acid groups (broad SMARTS) is 1. The number of carbonyl (C=O) groups excluding carboxylic acids is 1. The van der Waals surface area contributed by atoms with Crippen LogP contribution in [0.25, 0.3) is 6.08 Å². The Morgan fingerprint density at radius 1 is 1.16 bits per heavy atom. The van der Waals surface area contributed by atoms with Crippen molar-refractivity contribution in [2.24, 2.45) is 0 Å². The molecule has 37 heavy (non-hydrogen) atoms. The van der Waals surface area contributed by atoms with E-state index in [1.165, 1.54) is 0 Å². The van der Waals surface area contributed by atoms with E-state index in [0.717, 1.165) is 22.2 Å². The van der Waals surface area contributed by atoms with Crippen LogP contribution in [0.4, 0.5) is 0 Å². The second kappa shape index (κ2) is 12.1. The molecule has 0 aliphatic carbocycles. The van der Waals surface area contributed by atoms with Crippen LogP contribution in [0.5, 0.6) is 11.5 Å². The van der Waals surface area contributed by atoms with Crippen LogP contribution in [-0.2, 0) is 16.2 Å². The number of thiocarbonyl (C=S) groups is 1. The molecule has 1 aliphatic heterocycles. The summed E-state index contributed by atoms with van der Waals surface area (Å²) in [5.74, 6) is -0.649. The molecule has 0 saturated carbocycles. The zero-order valence-electron chi connectivity index (χ0n) is 19.5. The van der Waals surface area contributed by atoms with Gasteiger partial charge in [0.1, 0.15) is 10.9 Å². The van der Waals surface area contributed by atoms with Gasteiger partial charge in [0, 0.05) is 10.6 Å². The molecule has 0 aromatic heterocycles. The quantitative estimate of drug-likeness (QED) is 0.202. The predicted octanol–water partition coefficient (Wildman–Crippen LogP) is 7.11. The van der Waals surface area contributed by atoms with Crippen molar-refractivity contribution in [3.8, 4) is 11.5 Å². The van der Waals surface area contributed by atoms with Gasteiger partial charge in [0.15, 0.2) is 17.5 Å². The molecule has 1 amide bonds.